The molecule has 0 aliphatic carbocycles. The van der Waals surface area contributed by atoms with Crippen molar-refractivity contribution in [2.45, 2.75) is 0 Å². The lowest BCUT2D eigenvalue weighted by Crippen LogP contribution is -2.37. The Labute approximate surface area is 87.3 Å². The number of carboxylic acid groups (broad SMARTS) is 1. The molecule has 1 fully saturated rings. The Morgan fingerprint density at radius 2 is 2.20 bits per heavy atom. The van der Waals surface area contributed by atoms with E-state index in [-0.39, 0.29) is 5.56 Å². The SMILES string of the molecule is O=C(O)c1cnccc1N1CCOCC1. The van der Waals surface area contributed by atoms with Gasteiger partial charge in [-0.1, -0.05) is 0 Å². The number of nitrogens with zero attached hydrogens (tertiary/aromatic N) is 2. The van der Waals surface area contributed by atoms with E-state index in [4.69, 9.17) is 9.84 Å². The van der Waals surface area contributed by atoms with Gasteiger partial charge in [-0.15, -0.1) is 0 Å². The number of rotatable bonds is 2. The van der Waals surface area contributed by atoms with E-state index in [2.05, 4.69) is 4.98 Å². The van der Waals surface area contributed by atoms with Gasteiger partial charge in [-0.25, -0.2) is 4.79 Å². The average Bonchev–Trinajstić information content (AvgIpc) is 2.30. The van der Waals surface area contributed by atoms with Gasteiger partial charge in [-0.05, 0) is 6.07 Å². The molecule has 1 aliphatic heterocycles. The summed E-state index contributed by atoms with van der Waals surface area (Å²) in [5, 5.41) is 9.00. The number of carbonyl (C=O) groups is 1. The quantitative estimate of drug-likeness (QED) is 0.771. The number of hydrogen-bond acceptors (Lipinski definition) is 4. The van der Waals surface area contributed by atoms with Gasteiger partial charge >= 0.3 is 5.97 Å². The largest absolute Gasteiger partial charge is 0.478 e. The van der Waals surface area contributed by atoms with Gasteiger partial charge in [0.25, 0.3) is 0 Å². The van der Waals surface area contributed by atoms with Gasteiger partial charge in [0.1, 0.15) is 5.56 Å². The molecule has 80 valence electrons. The molecule has 5 heteroatoms. The second-order valence-corrected chi connectivity index (χ2v) is 3.30. The summed E-state index contributed by atoms with van der Waals surface area (Å²) in [6.07, 6.45) is 2.99. The van der Waals surface area contributed by atoms with E-state index in [9.17, 15) is 4.79 Å². The predicted molar refractivity (Wildman–Crippen MR) is 54.2 cm³/mol. The molecule has 0 atom stereocenters. The van der Waals surface area contributed by atoms with Crippen LogP contribution in [0.1, 0.15) is 10.4 Å². The third kappa shape index (κ3) is 2.07. The highest BCUT2D eigenvalue weighted by Gasteiger charge is 2.17. The van der Waals surface area contributed by atoms with Gasteiger partial charge in [0.2, 0.25) is 0 Å². The fourth-order valence-corrected chi connectivity index (χ4v) is 1.63. The number of morpholine rings is 1. The second-order valence-electron chi connectivity index (χ2n) is 3.30. The normalized spacial score (nSPS) is 16.4. The molecule has 0 radical (unpaired) electrons. The van der Waals surface area contributed by atoms with E-state index in [1.165, 1.54) is 6.20 Å². The zero-order valence-corrected chi connectivity index (χ0v) is 8.22. The molecule has 1 N–H and O–H groups in total. The van der Waals surface area contributed by atoms with Crippen molar-refractivity contribution < 1.29 is 14.6 Å². The van der Waals surface area contributed by atoms with Crippen LogP contribution in [0.15, 0.2) is 18.5 Å². The lowest BCUT2D eigenvalue weighted by Gasteiger charge is -2.29. The number of aromatic nitrogens is 1. The maximum atomic E-state index is 11.0. The van der Waals surface area contributed by atoms with E-state index in [0.29, 0.717) is 13.2 Å². The Bertz CT molecular complexity index is 361. The fraction of sp³-hybridized carbons (Fsp3) is 0.400. The highest BCUT2D eigenvalue weighted by atomic mass is 16.5. The van der Waals surface area contributed by atoms with Crippen LogP contribution in [0.3, 0.4) is 0 Å². The van der Waals surface area contributed by atoms with Crippen molar-refractivity contribution in [1.29, 1.82) is 0 Å². The van der Waals surface area contributed by atoms with Crippen molar-refractivity contribution in [1.82, 2.24) is 4.98 Å². The Balaban J connectivity index is 2.29. The summed E-state index contributed by atoms with van der Waals surface area (Å²) >= 11 is 0. The summed E-state index contributed by atoms with van der Waals surface area (Å²) < 4.78 is 5.22. The van der Waals surface area contributed by atoms with Crippen molar-refractivity contribution in [2.75, 3.05) is 31.2 Å². The van der Waals surface area contributed by atoms with Crippen molar-refractivity contribution >= 4 is 11.7 Å². The maximum absolute atomic E-state index is 11.0. The molecule has 1 aromatic heterocycles. The summed E-state index contributed by atoms with van der Waals surface area (Å²) in [6, 6.07) is 1.73. The van der Waals surface area contributed by atoms with Crippen molar-refractivity contribution in [2.24, 2.45) is 0 Å². The molecular weight excluding hydrogens is 196 g/mol. The highest BCUT2D eigenvalue weighted by molar-refractivity contribution is 5.94. The standard InChI is InChI=1S/C10H12N2O3/c13-10(14)8-7-11-2-1-9(8)12-3-5-15-6-4-12/h1-2,7H,3-6H2,(H,13,14). The number of hydrogen-bond donors (Lipinski definition) is 1. The molecule has 0 amide bonds. The molecule has 2 heterocycles. The summed E-state index contributed by atoms with van der Waals surface area (Å²) in [5.41, 5.74) is 0.972. The van der Waals surface area contributed by atoms with Gasteiger partial charge in [0, 0.05) is 25.5 Å². The Kier molecular flexibility index (Phi) is 2.82. The molecule has 2 rings (SSSR count). The second kappa shape index (κ2) is 4.27. The maximum Gasteiger partial charge on any atom is 0.339 e. The topological polar surface area (TPSA) is 62.7 Å². The van der Waals surface area contributed by atoms with Gasteiger partial charge in [-0.2, -0.15) is 0 Å². The van der Waals surface area contributed by atoms with Gasteiger partial charge < -0.3 is 14.7 Å². The predicted octanol–water partition coefficient (Wildman–Crippen LogP) is 0.616. The summed E-state index contributed by atoms with van der Waals surface area (Å²) in [5.74, 6) is -0.940. The summed E-state index contributed by atoms with van der Waals surface area (Å²) in [6.45, 7) is 2.73. The number of aromatic carboxylic acids is 1. The summed E-state index contributed by atoms with van der Waals surface area (Å²) in [7, 11) is 0. The molecule has 0 bridgehead atoms. The third-order valence-electron chi connectivity index (χ3n) is 2.38. The van der Waals surface area contributed by atoms with Crippen LogP contribution in [0.5, 0.6) is 0 Å². The molecule has 1 aliphatic rings. The van der Waals surface area contributed by atoms with Crippen LogP contribution in [0, 0.1) is 0 Å². The Hall–Kier alpha value is -1.62. The first kappa shape index (κ1) is 9.92. The first-order valence-electron chi connectivity index (χ1n) is 4.79. The van der Waals surface area contributed by atoms with E-state index in [1.54, 1.807) is 12.3 Å². The van der Waals surface area contributed by atoms with Crippen LogP contribution >= 0.6 is 0 Å². The van der Waals surface area contributed by atoms with Gasteiger partial charge in [0.15, 0.2) is 0 Å². The van der Waals surface area contributed by atoms with Crippen molar-refractivity contribution in [3.8, 4) is 0 Å². The Morgan fingerprint density at radius 3 is 2.87 bits per heavy atom. The number of anilines is 1. The van der Waals surface area contributed by atoms with Crippen molar-refractivity contribution in [3.63, 3.8) is 0 Å². The molecule has 0 spiro atoms. The molecule has 0 unspecified atom stereocenters. The van der Waals surface area contributed by atoms with Gasteiger partial charge in [-0.3, -0.25) is 4.98 Å². The first-order valence-corrected chi connectivity index (χ1v) is 4.79. The fourth-order valence-electron chi connectivity index (χ4n) is 1.63. The highest BCUT2D eigenvalue weighted by Crippen LogP contribution is 2.20. The number of pyridine rings is 1. The average molecular weight is 208 g/mol. The lowest BCUT2D eigenvalue weighted by molar-refractivity contribution is 0.0696. The molecule has 15 heavy (non-hydrogen) atoms. The third-order valence-corrected chi connectivity index (χ3v) is 2.38. The van der Waals surface area contributed by atoms with Crippen LogP contribution in [-0.4, -0.2) is 42.4 Å². The molecule has 0 aromatic carbocycles. The Morgan fingerprint density at radius 1 is 1.47 bits per heavy atom. The summed E-state index contributed by atoms with van der Waals surface area (Å²) in [4.78, 5) is 16.8. The van der Waals surface area contributed by atoms with E-state index >= 15 is 0 Å². The minimum absolute atomic E-state index is 0.249. The van der Waals surface area contributed by atoms with Crippen LogP contribution in [0.25, 0.3) is 0 Å². The van der Waals surface area contributed by atoms with Gasteiger partial charge in [0.05, 0.1) is 18.9 Å². The van der Waals surface area contributed by atoms with E-state index in [0.717, 1.165) is 18.8 Å². The molecule has 1 saturated heterocycles. The number of ether oxygens (including phenoxy) is 1. The van der Waals surface area contributed by atoms with E-state index in [1.807, 2.05) is 4.90 Å². The molecule has 1 aromatic rings. The minimum Gasteiger partial charge on any atom is -0.478 e. The van der Waals surface area contributed by atoms with Crippen LogP contribution < -0.4 is 4.90 Å². The monoisotopic (exact) mass is 208 g/mol. The smallest absolute Gasteiger partial charge is 0.339 e. The minimum atomic E-state index is -0.940. The zero-order valence-electron chi connectivity index (χ0n) is 8.22. The molecule has 5 nitrogen and oxygen atoms in total. The van der Waals surface area contributed by atoms with Crippen LogP contribution in [-0.2, 0) is 4.74 Å². The number of carboxylic acids is 1. The molecule has 0 saturated carbocycles. The van der Waals surface area contributed by atoms with E-state index < -0.39 is 5.97 Å². The lowest BCUT2D eigenvalue weighted by atomic mass is 10.2. The van der Waals surface area contributed by atoms with Crippen LogP contribution in [0.2, 0.25) is 0 Å². The van der Waals surface area contributed by atoms with Crippen LogP contribution in [0.4, 0.5) is 5.69 Å². The van der Waals surface area contributed by atoms with Crippen molar-refractivity contribution in [3.05, 3.63) is 24.0 Å². The first-order chi connectivity index (χ1) is 7.29. The zero-order chi connectivity index (χ0) is 10.7. The molecular formula is C10H12N2O3.